The van der Waals surface area contributed by atoms with Crippen LogP contribution in [0.3, 0.4) is 0 Å². The molecule has 0 saturated heterocycles. The van der Waals surface area contributed by atoms with Gasteiger partial charge in [-0.15, -0.1) is 0 Å². The summed E-state index contributed by atoms with van der Waals surface area (Å²) in [7, 11) is 0. The van der Waals surface area contributed by atoms with E-state index in [2.05, 4.69) is 11.9 Å². The Labute approximate surface area is 88.8 Å². The molecule has 0 heterocycles. The molecule has 82 valence electrons. The lowest BCUT2D eigenvalue weighted by molar-refractivity contribution is 0.503. The summed E-state index contributed by atoms with van der Waals surface area (Å²) < 4.78 is 25.7. The standard InChI is InChI=1S/C12H15F2N/c1-4-15-12(8(2)3)9-5-6-10(13)11(14)7-9/h5-7,12,15H,2,4H2,1,3H3. The van der Waals surface area contributed by atoms with Gasteiger partial charge in [0, 0.05) is 0 Å². The summed E-state index contributed by atoms with van der Waals surface area (Å²) in [4.78, 5) is 0. The fourth-order valence-electron chi connectivity index (χ4n) is 1.47. The Kier molecular flexibility index (Phi) is 3.97. The lowest BCUT2D eigenvalue weighted by Gasteiger charge is -2.18. The van der Waals surface area contributed by atoms with Gasteiger partial charge in [0.1, 0.15) is 0 Å². The quantitative estimate of drug-likeness (QED) is 0.754. The molecule has 3 heteroatoms. The predicted octanol–water partition coefficient (Wildman–Crippen LogP) is 3.19. The molecule has 1 aromatic rings. The Hall–Kier alpha value is -1.22. The first-order valence-electron chi connectivity index (χ1n) is 4.90. The van der Waals surface area contributed by atoms with Crippen molar-refractivity contribution in [2.75, 3.05) is 6.54 Å². The molecule has 0 fully saturated rings. The Morgan fingerprint density at radius 2 is 2.07 bits per heavy atom. The highest BCUT2D eigenvalue weighted by Crippen LogP contribution is 2.21. The van der Waals surface area contributed by atoms with Crippen LogP contribution in [0.2, 0.25) is 0 Å². The molecule has 0 amide bonds. The van der Waals surface area contributed by atoms with Gasteiger partial charge in [-0.25, -0.2) is 8.78 Å². The zero-order valence-electron chi connectivity index (χ0n) is 8.98. The van der Waals surface area contributed by atoms with Gasteiger partial charge in [0.15, 0.2) is 11.6 Å². The highest BCUT2D eigenvalue weighted by Gasteiger charge is 2.12. The van der Waals surface area contributed by atoms with Gasteiger partial charge in [0.25, 0.3) is 0 Å². The lowest BCUT2D eigenvalue weighted by atomic mass is 10.0. The maximum atomic E-state index is 13.0. The van der Waals surface area contributed by atoms with E-state index in [9.17, 15) is 8.78 Å². The van der Waals surface area contributed by atoms with Crippen molar-refractivity contribution in [2.24, 2.45) is 0 Å². The van der Waals surface area contributed by atoms with Gasteiger partial charge in [-0.05, 0) is 31.2 Å². The Bertz CT molecular complexity index is 361. The van der Waals surface area contributed by atoms with Gasteiger partial charge in [0.05, 0.1) is 6.04 Å². The van der Waals surface area contributed by atoms with Crippen LogP contribution >= 0.6 is 0 Å². The third kappa shape index (κ3) is 2.86. The van der Waals surface area contributed by atoms with Crippen LogP contribution in [0.4, 0.5) is 8.78 Å². The summed E-state index contributed by atoms with van der Waals surface area (Å²) in [6, 6.07) is 3.79. The number of benzene rings is 1. The fourth-order valence-corrected chi connectivity index (χ4v) is 1.47. The normalized spacial score (nSPS) is 12.5. The summed E-state index contributed by atoms with van der Waals surface area (Å²) in [5, 5.41) is 3.16. The first kappa shape index (κ1) is 11.9. The number of hydrogen-bond donors (Lipinski definition) is 1. The molecule has 0 bridgehead atoms. The minimum Gasteiger partial charge on any atom is -0.307 e. The molecule has 15 heavy (non-hydrogen) atoms. The monoisotopic (exact) mass is 211 g/mol. The van der Waals surface area contributed by atoms with Crippen LogP contribution in [-0.4, -0.2) is 6.54 Å². The maximum Gasteiger partial charge on any atom is 0.159 e. The molecule has 1 N–H and O–H groups in total. The zero-order chi connectivity index (χ0) is 11.4. The molecule has 0 aliphatic heterocycles. The smallest absolute Gasteiger partial charge is 0.159 e. The summed E-state index contributed by atoms with van der Waals surface area (Å²) in [5.41, 5.74) is 1.58. The second-order valence-electron chi connectivity index (χ2n) is 3.51. The summed E-state index contributed by atoms with van der Waals surface area (Å²) in [6.07, 6.45) is 0. The van der Waals surface area contributed by atoms with E-state index in [4.69, 9.17) is 0 Å². The number of halogens is 2. The van der Waals surface area contributed by atoms with Crippen LogP contribution in [0.25, 0.3) is 0 Å². The Morgan fingerprint density at radius 1 is 1.40 bits per heavy atom. The van der Waals surface area contributed by atoms with Crippen molar-refractivity contribution in [3.8, 4) is 0 Å². The van der Waals surface area contributed by atoms with Gasteiger partial charge in [-0.3, -0.25) is 0 Å². The predicted molar refractivity (Wildman–Crippen MR) is 57.6 cm³/mol. The first-order chi connectivity index (χ1) is 7.06. The Morgan fingerprint density at radius 3 is 2.53 bits per heavy atom. The molecule has 0 saturated carbocycles. The van der Waals surface area contributed by atoms with Crippen LogP contribution in [0.5, 0.6) is 0 Å². The van der Waals surface area contributed by atoms with E-state index in [1.54, 1.807) is 6.07 Å². The average molecular weight is 211 g/mol. The highest BCUT2D eigenvalue weighted by atomic mass is 19.2. The van der Waals surface area contributed by atoms with Gasteiger partial charge >= 0.3 is 0 Å². The second-order valence-corrected chi connectivity index (χ2v) is 3.51. The van der Waals surface area contributed by atoms with E-state index in [0.29, 0.717) is 5.56 Å². The number of nitrogens with one attached hydrogen (secondary N) is 1. The van der Waals surface area contributed by atoms with Crippen molar-refractivity contribution < 1.29 is 8.78 Å². The lowest BCUT2D eigenvalue weighted by Crippen LogP contribution is -2.21. The molecule has 1 unspecified atom stereocenters. The topological polar surface area (TPSA) is 12.0 Å². The van der Waals surface area contributed by atoms with Crippen LogP contribution < -0.4 is 5.32 Å². The molecule has 1 rings (SSSR count). The van der Waals surface area contributed by atoms with Crippen molar-refractivity contribution >= 4 is 0 Å². The SMILES string of the molecule is C=C(C)C(NCC)c1ccc(F)c(F)c1. The molecule has 1 atom stereocenters. The zero-order valence-corrected chi connectivity index (χ0v) is 8.98. The van der Waals surface area contributed by atoms with E-state index in [1.807, 2.05) is 13.8 Å². The third-order valence-corrected chi connectivity index (χ3v) is 2.18. The summed E-state index contributed by atoms with van der Waals surface area (Å²) >= 11 is 0. The van der Waals surface area contributed by atoms with E-state index in [-0.39, 0.29) is 6.04 Å². The molecule has 1 nitrogen and oxygen atoms in total. The highest BCUT2D eigenvalue weighted by molar-refractivity contribution is 5.27. The molecule has 1 aromatic carbocycles. The van der Waals surface area contributed by atoms with Crippen molar-refractivity contribution in [1.29, 1.82) is 0 Å². The van der Waals surface area contributed by atoms with Crippen LogP contribution in [0.1, 0.15) is 25.5 Å². The largest absolute Gasteiger partial charge is 0.307 e. The van der Waals surface area contributed by atoms with Crippen LogP contribution in [0.15, 0.2) is 30.4 Å². The molecule has 0 aliphatic carbocycles. The molecular weight excluding hydrogens is 196 g/mol. The maximum absolute atomic E-state index is 13.0. The van der Waals surface area contributed by atoms with Gasteiger partial charge in [-0.2, -0.15) is 0 Å². The number of rotatable bonds is 4. The van der Waals surface area contributed by atoms with E-state index in [1.165, 1.54) is 6.07 Å². The van der Waals surface area contributed by atoms with Crippen molar-refractivity contribution in [3.63, 3.8) is 0 Å². The Balaban J connectivity index is 3.01. The molecule has 0 aliphatic rings. The summed E-state index contributed by atoms with van der Waals surface area (Å²) in [5.74, 6) is -1.65. The summed E-state index contributed by atoms with van der Waals surface area (Å²) in [6.45, 7) is 8.38. The van der Waals surface area contributed by atoms with Crippen LogP contribution in [0, 0.1) is 11.6 Å². The van der Waals surface area contributed by atoms with E-state index in [0.717, 1.165) is 18.2 Å². The fraction of sp³-hybridized carbons (Fsp3) is 0.333. The van der Waals surface area contributed by atoms with Crippen molar-refractivity contribution in [3.05, 3.63) is 47.5 Å². The average Bonchev–Trinajstić information content (AvgIpc) is 2.18. The number of likely N-dealkylation sites (N-methyl/N-ethyl adjacent to an activating group) is 1. The molecule has 0 aromatic heterocycles. The van der Waals surface area contributed by atoms with Gasteiger partial charge in [0.2, 0.25) is 0 Å². The van der Waals surface area contributed by atoms with Crippen LogP contribution in [-0.2, 0) is 0 Å². The van der Waals surface area contributed by atoms with Gasteiger partial charge < -0.3 is 5.32 Å². The second kappa shape index (κ2) is 5.03. The molecule has 0 spiro atoms. The minimum atomic E-state index is -0.823. The minimum absolute atomic E-state index is 0.120. The van der Waals surface area contributed by atoms with Crippen molar-refractivity contribution in [2.45, 2.75) is 19.9 Å². The van der Waals surface area contributed by atoms with E-state index < -0.39 is 11.6 Å². The molecule has 0 radical (unpaired) electrons. The molecular formula is C12H15F2N. The third-order valence-electron chi connectivity index (χ3n) is 2.18. The van der Waals surface area contributed by atoms with Gasteiger partial charge in [-0.1, -0.05) is 25.1 Å². The number of hydrogen-bond acceptors (Lipinski definition) is 1. The van der Waals surface area contributed by atoms with Crippen molar-refractivity contribution in [1.82, 2.24) is 5.32 Å². The first-order valence-corrected chi connectivity index (χ1v) is 4.90. The van der Waals surface area contributed by atoms with E-state index >= 15 is 0 Å².